The third-order valence-electron chi connectivity index (χ3n) is 3.45. The van der Waals surface area contributed by atoms with Crippen LogP contribution in [-0.2, 0) is 4.79 Å². The van der Waals surface area contributed by atoms with E-state index >= 15 is 0 Å². The molecule has 0 spiro atoms. The van der Waals surface area contributed by atoms with Crippen molar-refractivity contribution in [2.24, 2.45) is 11.7 Å². The van der Waals surface area contributed by atoms with E-state index in [2.05, 4.69) is 31.0 Å². The fourth-order valence-electron chi connectivity index (χ4n) is 1.37. The molecule has 102 valence electrons. The fraction of sp³-hybridized carbons (Fsp3) is 0.923. The zero-order chi connectivity index (χ0) is 13.5. The lowest BCUT2D eigenvalue weighted by molar-refractivity contribution is -0.121. The van der Waals surface area contributed by atoms with Gasteiger partial charge in [0.2, 0.25) is 5.91 Å². The van der Waals surface area contributed by atoms with Gasteiger partial charge in [-0.3, -0.25) is 4.79 Å². The van der Waals surface area contributed by atoms with Crippen LogP contribution in [-0.4, -0.2) is 43.5 Å². The van der Waals surface area contributed by atoms with Crippen molar-refractivity contribution >= 4 is 5.91 Å². The highest BCUT2D eigenvalue weighted by Gasteiger charge is 2.20. The Morgan fingerprint density at radius 2 is 1.94 bits per heavy atom. The van der Waals surface area contributed by atoms with Crippen molar-refractivity contribution in [2.45, 2.75) is 45.6 Å². The standard InChI is InChI=1S/C13H29N3O/c1-11(8-9-14)6-7-12(17)15-10-13(2,3)16(4)5/h11H,6-10,14H2,1-5H3,(H,15,17). The first-order valence-electron chi connectivity index (χ1n) is 6.43. The summed E-state index contributed by atoms with van der Waals surface area (Å²) in [4.78, 5) is 13.8. The number of nitrogens with two attached hydrogens (primary N) is 1. The van der Waals surface area contributed by atoms with Crippen LogP contribution in [0.25, 0.3) is 0 Å². The molecule has 0 fully saturated rings. The normalized spacial score (nSPS) is 13.8. The second-order valence-electron chi connectivity index (χ2n) is 5.70. The maximum Gasteiger partial charge on any atom is 0.220 e. The Kier molecular flexibility index (Phi) is 7.39. The van der Waals surface area contributed by atoms with E-state index in [4.69, 9.17) is 5.73 Å². The third kappa shape index (κ3) is 7.34. The summed E-state index contributed by atoms with van der Waals surface area (Å²) in [5.41, 5.74) is 5.48. The van der Waals surface area contributed by atoms with Crippen LogP contribution < -0.4 is 11.1 Å². The van der Waals surface area contributed by atoms with Gasteiger partial charge in [0, 0.05) is 18.5 Å². The van der Waals surface area contributed by atoms with Crippen molar-refractivity contribution in [3.05, 3.63) is 0 Å². The number of rotatable bonds is 8. The SMILES string of the molecule is CC(CCN)CCC(=O)NCC(C)(C)N(C)C. The molecule has 3 N–H and O–H groups in total. The van der Waals surface area contributed by atoms with Crippen LogP contribution in [0, 0.1) is 5.92 Å². The van der Waals surface area contributed by atoms with Crippen molar-refractivity contribution in [3.8, 4) is 0 Å². The minimum Gasteiger partial charge on any atom is -0.354 e. The second kappa shape index (κ2) is 7.67. The molecule has 1 unspecified atom stereocenters. The third-order valence-corrected chi connectivity index (χ3v) is 3.45. The molecule has 0 heterocycles. The molecule has 0 saturated carbocycles. The lowest BCUT2D eigenvalue weighted by Gasteiger charge is -2.32. The number of carbonyl (C=O) groups is 1. The van der Waals surface area contributed by atoms with Crippen LogP contribution in [0.15, 0.2) is 0 Å². The van der Waals surface area contributed by atoms with Gasteiger partial charge >= 0.3 is 0 Å². The highest BCUT2D eigenvalue weighted by atomic mass is 16.1. The highest BCUT2D eigenvalue weighted by Crippen LogP contribution is 2.10. The quantitative estimate of drug-likeness (QED) is 0.673. The van der Waals surface area contributed by atoms with Crippen LogP contribution in [0.1, 0.15) is 40.0 Å². The molecule has 1 atom stereocenters. The maximum absolute atomic E-state index is 11.7. The summed E-state index contributed by atoms with van der Waals surface area (Å²) in [6, 6.07) is 0. The molecule has 1 amide bonds. The average Bonchev–Trinajstić information content (AvgIpc) is 2.24. The summed E-state index contributed by atoms with van der Waals surface area (Å²) in [5.74, 6) is 0.677. The molecule has 0 aromatic carbocycles. The van der Waals surface area contributed by atoms with Crippen LogP contribution in [0.2, 0.25) is 0 Å². The molecule has 0 aliphatic carbocycles. The second-order valence-corrected chi connectivity index (χ2v) is 5.70. The van der Waals surface area contributed by atoms with E-state index in [-0.39, 0.29) is 11.4 Å². The number of likely N-dealkylation sites (N-methyl/N-ethyl adjacent to an activating group) is 1. The Hall–Kier alpha value is -0.610. The Morgan fingerprint density at radius 1 is 1.35 bits per heavy atom. The first kappa shape index (κ1) is 16.4. The summed E-state index contributed by atoms with van der Waals surface area (Å²) in [5, 5.41) is 2.99. The largest absolute Gasteiger partial charge is 0.354 e. The van der Waals surface area contributed by atoms with E-state index in [0.717, 1.165) is 12.8 Å². The predicted molar refractivity (Wildman–Crippen MR) is 72.8 cm³/mol. The van der Waals surface area contributed by atoms with E-state index in [1.54, 1.807) is 0 Å². The smallest absolute Gasteiger partial charge is 0.220 e. The Labute approximate surface area is 106 Å². The maximum atomic E-state index is 11.7. The fourth-order valence-corrected chi connectivity index (χ4v) is 1.37. The monoisotopic (exact) mass is 243 g/mol. The molecule has 17 heavy (non-hydrogen) atoms. The molecule has 4 nitrogen and oxygen atoms in total. The van der Waals surface area contributed by atoms with Gasteiger partial charge in [-0.2, -0.15) is 0 Å². The minimum atomic E-state index is -0.00145. The van der Waals surface area contributed by atoms with Gasteiger partial charge in [0.25, 0.3) is 0 Å². The van der Waals surface area contributed by atoms with E-state index < -0.39 is 0 Å². The van der Waals surface area contributed by atoms with Gasteiger partial charge in [0.15, 0.2) is 0 Å². The minimum absolute atomic E-state index is 0.00145. The highest BCUT2D eigenvalue weighted by molar-refractivity contribution is 5.75. The van der Waals surface area contributed by atoms with Crippen LogP contribution in [0.4, 0.5) is 0 Å². The van der Waals surface area contributed by atoms with Crippen molar-refractivity contribution in [2.75, 3.05) is 27.2 Å². The van der Waals surface area contributed by atoms with Crippen molar-refractivity contribution in [1.29, 1.82) is 0 Å². The Morgan fingerprint density at radius 3 is 2.41 bits per heavy atom. The molecular formula is C13H29N3O. The topological polar surface area (TPSA) is 58.4 Å². The van der Waals surface area contributed by atoms with Gasteiger partial charge in [-0.05, 0) is 53.2 Å². The van der Waals surface area contributed by atoms with Crippen LogP contribution in [0.3, 0.4) is 0 Å². The molecule has 0 aromatic heterocycles. The Bertz CT molecular complexity index is 227. The lowest BCUT2D eigenvalue weighted by atomic mass is 10.0. The zero-order valence-electron chi connectivity index (χ0n) is 12.0. The number of amides is 1. The van der Waals surface area contributed by atoms with Crippen LogP contribution in [0.5, 0.6) is 0 Å². The molecule has 0 aromatic rings. The first-order valence-corrected chi connectivity index (χ1v) is 6.43. The number of nitrogens with zero attached hydrogens (tertiary/aromatic N) is 1. The van der Waals surface area contributed by atoms with Crippen molar-refractivity contribution < 1.29 is 4.79 Å². The summed E-state index contributed by atoms with van der Waals surface area (Å²) < 4.78 is 0. The first-order chi connectivity index (χ1) is 7.79. The molecule has 0 bridgehead atoms. The molecular weight excluding hydrogens is 214 g/mol. The molecule has 0 saturated heterocycles. The summed E-state index contributed by atoms with van der Waals surface area (Å²) in [6.45, 7) is 7.76. The summed E-state index contributed by atoms with van der Waals surface area (Å²) in [6.07, 6.45) is 2.52. The lowest BCUT2D eigenvalue weighted by Crippen LogP contribution is -2.48. The van der Waals surface area contributed by atoms with Gasteiger partial charge in [-0.1, -0.05) is 6.92 Å². The number of hydrogen-bond acceptors (Lipinski definition) is 3. The molecule has 4 heteroatoms. The van der Waals surface area contributed by atoms with E-state index in [1.807, 2.05) is 14.1 Å². The van der Waals surface area contributed by atoms with Crippen molar-refractivity contribution in [3.63, 3.8) is 0 Å². The number of hydrogen-bond donors (Lipinski definition) is 2. The number of carbonyl (C=O) groups excluding carboxylic acids is 1. The summed E-state index contributed by atoms with van der Waals surface area (Å²) >= 11 is 0. The molecule has 0 radical (unpaired) electrons. The van der Waals surface area contributed by atoms with Crippen molar-refractivity contribution in [1.82, 2.24) is 10.2 Å². The van der Waals surface area contributed by atoms with Gasteiger partial charge in [-0.25, -0.2) is 0 Å². The molecule has 0 aliphatic heterocycles. The Balaban J connectivity index is 3.81. The van der Waals surface area contributed by atoms with E-state index in [0.29, 0.717) is 25.4 Å². The van der Waals surface area contributed by atoms with E-state index in [9.17, 15) is 4.79 Å². The van der Waals surface area contributed by atoms with Crippen LogP contribution >= 0.6 is 0 Å². The van der Waals surface area contributed by atoms with Gasteiger partial charge in [-0.15, -0.1) is 0 Å². The number of nitrogens with one attached hydrogen (secondary N) is 1. The van der Waals surface area contributed by atoms with E-state index in [1.165, 1.54) is 0 Å². The molecule has 0 aliphatic rings. The zero-order valence-corrected chi connectivity index (χ0v) is 12.0. The summed E-state index contributed by atoms with van der Waals surface area (Å²) in [7, 11) is 4.05. The van der Waals surface area contributed by atoms with Gasteiger partial charge < -0.3 is 16.0 Å². The molecule has 0 rings (SSSR count). The van der Waals surface area contributed by atoms with Gasteiger partial charge in [0.05, 0.1) is 0 Å². The van der Waals surface area contributed by atoms with Gasteiger partial charge in [0.1, 0.15) is 0 Å². The predicted octanol–water partition coefficient (Wildman–Crippen LogP) is 1.21. The average molecular weight is 243 g/mol.